The van der Waals surface area contributed by atoms with E-state index in [4.69, 9.17) is 19.3 Å². The molecular formula is C72H106O6Y2-4. The Bertz CT molecular complexity index is 2220. The van der Waals surface area contributed by atoms with E-state index in [0.29, 0.717) is 62.4 Å². The van der Waals surface area contributed by atoms with Crippen LogP contribution in [0.1, 0.15) is 168 Å². The van der Waals surface area contributed by atoms with Gasteiger partial charge >= 0.3 is 11.9 Å². The molecule has 5 aromatic carbocycles. The van der Waals surface area contributed by atoms with E-state index in [9.17, 15) is 9.59 Å². The van der Waals surface area contributed by atoms with Gasteiger partial charge in [-0.25, -0.2) is 19.6 Å². The zero-order valence-corrected chi connectivity index (χ0v) is 57.6. The predicted molar refractivity (Wildman–Crippen MR) is 340 cm³/mol. The summed E-state index contributed by atoms with van der Waals surface area (Å²) >= 11 is 0. The van der Waals surface area contributed by atoms with Gasteiger partial charge in [-0.3, -0.25) is 9.59 Å². The van der Waals surface area contributed by atoms with Gasteiger partial charge in [-0.05, 0) is 116 Å². The van der Waals surface area contributed by atoms with Gasteiger partial charge in [-0.2, -0.15) is 5.92 Å². The fourth-order valence-electron chi connectivity index (χ4n) is 7.40. The largest absolute Gasteiger partial charge is 0.481 e. The molecule has 0 spiro atoms. The van der Waals surface area contributed by atoms with Crippen LogP contribution in [0.2, 0.25) is 0 Å². The Morgan fingerprint density at radius 3 is 1.45 bits per heavy atom. The van der Waals surface area contributed by atoms with Gasteiger partial charge in [-0.1, -0.05) is 225 Å². The van der Waals surface area contributed by atoms with E-state index >= 15 is 0 Å². The summed E-state index contributed by atoms with van der Waals surface area (Å²) in [6.07, 6.45) is 8.79. The molecular weight excluding hydrogens is 1140 g/mol. The number of allylic oxidation sites excluding steroid dienone is 1. The second-order valence-corrected chi connectivity index (χ2v) is 18.2. The molecule has 0 aliphatic heterocycles. The summed E-state index contributed by atoms with van der Waals surface area (Å²) in [6.45, 7) is 35.6. The van der Waals surface area contributed by atoms with Crippen molar-refractivity contribution in [2.24, 2.45) is 11.8 Å². The maximum absolute atomic E-state index is 12.0. The first-order valence-electron chi connectivity index (χ1n) is 27.7. The van der Waals surface area contributed by atoms with Gasteiger partial charge in [0.25, 0.3) is 0 Å². The molecule has 6 nitrogen and oxygen atoms in total. The minimum absolute atomic E-state index is 0. The first-order valence-corrected chi connectivity index (χ1v) is 27.7. The van der Waals surface area contributed by atoms with Crippen LogP contribution in [0, 0.1) is 64.2 Å². The molecule has 0 bridgehead atoms. The first-order chi connectivity index (χ1) is 36.8. The monoisotopic (exact) mass is 1240 g/mol. The van der Waals surface area contributed by atoms with Crippen LogP contribution in [-0.4, -0.2) is 49.6 Å². The molecule has 0 aliphatic carbocycles. The van der Waals surface area contributed by atoms with Crippen LogP contribution in [0.15, 0.2) is 164 Å². The molecule has 1 N–H and O–H groups in total. The SMILES string of the molecule is C=C[CH2-].CC.CC#CC#CC(COCC)OCC.CC(C)CC(CCC(=O)O)c1ccccc1.CCC(C)c1ccccc1.CCc1ccccc1.[CH2-]C(C)CC(CCC(=O)OCCc1ccccc1)c1ccccc1.[CH3-].[CH3-].[HH].[Y].[Y]. The zero-order chi connectivity index (χ0) is 57.0. The number of hydrogen-bond donors (Lipinski definition) is 1. The van der Waals surface area contributed by atoms with E-state index in [0.717, 1.165) is 38.5 Å². The number of carbonyl (C=O) groups is 2. The molecule has 440 valence electrons. The average Bonchev–Trinajstić information content (AvgIpc) is 3.44. The third kappa shape index (κ3) is 50.8. The maximum atomic E-state index is 12.0. The van der Waals surface area contributed by atoms with E-state index in [1.54, 1.807) is 6.92 Å². The number of carboxylic acid groups (broad SMARTS) is 1. The minimum Gasteiger partial charge on any atom is -0.481 e. The number of aliphatic carboxylic acids is 1. The predicted octanol–water partition coefficient (Wildman–Crippen LogP) is 19.0. The third-order valence-electron chi connectivity index (χ3n) is 11.4. The van der Waals surface area contributed by atoms with Crippen LogP contribution in [0.25, 0.3) is 0 Å². The number of aryl methyl sites for hydroxylation is 1. The number of esters is 1. The van der Waals surface area contributed by atoms with Crippen molar-refractivity contribution in [1.82, 2.24) is 0 Å². The summed E-state index contributed by atoms with van der Waals surface area (Å²) in [5.41, 5.74) is 6.60. The fraction of sp³-hybridized carbons (Fsp3) is 0.417. The van der Waals surface area contributed by atoms with Crippen molar-refractivity contribution in [3.8, 4) is 23.7 Å². The molecule has 5 unspecified atom stereocenters. The van der Waals surface area contributed by atoms with Crippen molar-refractivity contribution in [2.75, 3.05) is 26.4 Å². The van der Waals surface area contributed by atoms with Crippen molar-refractivity contribution >= 4 is 11.9 Å². The van der Waals surface area contributed by atoms with Gasteiger partial charge in [0, 0.05) is 99.3 Å². The second-order valence-electron chi connectivity index (χ2n) is 18.2. The van der Waals surface area contributed by atoms with Gasteiger partial charge < -0.3 is 41.1 Å². The molecule has 0 saturated carbocycles. The number of benzene rings is 5. The second kappa shape index (κ2) is 62.5. The molecule has 5 atom stereocenters. The standard InChI is InChI=1S/C22H27O2.C14H20O2.C11H16O2.C10H14.C8H10.C3H5.C2H6.2CH3.2Y.H2/c1-18(2)17-21(20-11-7-4-8-12-20)13-14-22(23)24-16-15-19-9-5-3-6-10-19;1-11(2)10-13(8-9-14(15)16)12-6-4-3-5-7-12;1-4-7-8-9-11(13-6-3)10-12-5-2;1-3-9(2)10-7-5-4-6-8-10;1-2-8-6-4-3-5-7-8;1-3-2;1-2;;;;;/h3-12,18,21H,1,13-17H2,2H3;3-7,11,13H,8-10H2,1-2H3,(H,15,16);11H,5-6,10H2,1-3H3;4-9H,3H2,1-2H3;3-7H,2H2,1H3;3H,1-2H2;1-2H3;2*1H3;;;1H/q-1;;;;;-1;;2*-1;;;. The Kier molecular flexibility index (Phi) is 68.1. The van der Waals surface area contributed by atoms with Crippen molar-refractivity contribution in [3.63, 3.8) is 0 Å². The summed E-state index contributed by atoms with van der Waals surface area (Å²) in [4.78, 5) is 22.6. The van der Waals surface area contributed by atoms with Crippen LogP contribution in [0.4, 0.5) is 0 Å². The van der Waals surface area contributed by atoms with Crippen LogP contribution in [0.3, 0.4) is 0 Å². The molecule has 80 heavy (non-hydrogen) atoms. The quantitative estimate of drug-likeness (QED) is 0.0399. The maximum Gasteiger partial charge on any atom is 0.305 e. The smallest absolute Gasteiger partial charge is 0.305 e. The van der Waals surface area contributed by atoms with Crippen LogP contribution >= 0.6 is 0 Å². The van der Waals surface area contributed by atoms with Crippen LogP contribution in [0.5, 0.6) is 0 Å². The molecule has 0 amide bonds. The van der Waals surface area contributed by atoms with Crippen LogP contribution < -0.4 is 0 Å². The molecule has 5 aromatic rings. The number of rotatable bonds is 23. The van der Waals surface area contributed by atoms with Crippen molar-refractivity contribution in [3.05, 3.63) is 221 Å². The van der Waals surface area contributed by atoms with Gasteiger partial charge in [0.15, 0.2) is 0 Å². The molecule has 0 fully saturated rings. The van der Waals surface area contributed by atoms with Gasteiger partial charge in [0.2, 0.25) is 0 Å². The molecule has 8 heteroatoms. The first kappa shape index (κ1) is 87.1. The molecule has 0 aromatic heterocycles. The van der Waals surface area contributed by atoms with E-state index in [2.05, 4.69) is 177 Å². The van der Waals surface area contributed by atoms with E-state index < -0.39 is 5.97 Å². The Morgan fingerprint density at radius 2 is 1.07 bits per heavy atom. The Labute approximate surface area is 543 Å². The number of carbonyl (C=O) groups excluding carboxylic acids is 1. The van der Waals surface area contributed by atoms with E-state index in [-0.39, 0.29) is 100 Å². The van der Waals surface area contributed by atoms with Gasteiger partial charge in [0.1, 0.15) is 6.10 Å². The minimum atomic E-state index is -0.704. The van der Waals surface area contributed by atoms with E-state index in [1.807, 2.05) is 88.4 Å². The number of ether oxygens (including phenoxy) is 3. The summed E-state index contributed by atoms with van der Waals surface area (Å²) in [7, 11) is 0. The fourth-order valence-corrected chi connectivity index (χ4v) is 7.40. The number of carboxylic acids is 1. The van der Waals surface area contributed by atoms with Crippen LogP contribution in [-0.2, 0) is 102 Å². The van der Waals surface area contributed by atoms with Crippen molar-refractivity contribution < 1.29 is 95.8 Å². The molecule has 0 heterocycles. The normalized spacial score (nSPS) is 11.0. The summed E-state index contributed by atoms with van der Waals surface area (Å²) in [5, 5.41) is 8.74. The molecule has 2 radical (unpaired) electrons. The van der Waals surface area contributed by atoms with E-state index in [1.165, 1.54) is 40.3 Å². The Hall–Kier alpha value is -4.10. The molecule has 0 aliphatic rings. The van der Waals surface area contributed by atoms with Gasteiger partial charge in [0.05, 0.1) is 13.2 Å². The summed E-state index contributed by atoms with van der Waals surface area (Å²) in [6, 6.07) is 51.8. The number of hydrogen-bond acceptors (Lipinski definition) is 5. The Balaban J connectivity index is -0.000000170. The topological polar surface area (TPSA) is 82.1 Å². The third-order valence-corrected chi connectivity index (χ3v) is 11.4. The molecule has 5 rings (SSSR count). The molecule has 0 saturated heterocycles. The average molecular weight is 1250 g/mol. The zero-order valence-electron chi connectivity index (χ0n) is 51.9. The summed E-state index contributed by atoms with van der Waals surface area (Å²) in [5.74, 6) is 12.6. The van der Waals surface area contributed by atoms with Crippen molar-refractivity contribution in [2.45, 2.75) is 158 Å². The van der Waals surface area contributed by atoms with Gasteiger partial charge in [-0.15, -0.1) is 0 Å². The Morgan fingerprint density at radius 1 is 0.650 bits per heavy atom. The summed E-state index contributed by atoms with van der Waals surface area (Å²) < 4.78 is 15.9. The van der Waals surface area contributed by atoms with Crippen molar-refractivity contribution in [1.29, 1.82) is 0 Å².